The number of benzene rings is 2. The number of allylic oxidation sites excluding steroid dienone is 2. The molecule has 0 heterocycles. The summed E-state index contributed by atoms with van der Waals surface area (Å²) in [5.41, 5.74) is 2.59. The lowest BCUT2D eigenvalue weighted by atomic mass is 9.98. The largest absolute Gasteiger partial charge is 0.0842 e. The summed E-state index contributed by atoms with van der Waals surface area (Å²) >= 11 is 0. The second kappa shape index (κ2) is 6.20. The summed E-state index contributed by atoms with van der Waals surface area (Å²) < 4.78 is 0. The van der Waals surface area contributed by atoms with E-state index < -0.39 is 0 Å². The third kappa shape index (κ3) is 2.70. The molecule has 0 spiro atoms. The first-order chi connectivity index (χ1) is 8.86. The molecule has 0 aliphatic rings. The molecule has 0 aromatic heterocycles. The van der Waals surface area contributed by atoms with E-state index in [9.17, 15) is 0 Å². The summed E-state index contributed by atoms with van der Waals surface area (Å²) in [6.45, 7) is 4.32. The lowest BCUT2D eigenvalue weighted by molar-refractivity contribution is 1.23. The van der Waals surface area contributed by atoms with Crippen LogP contribution in [0.3, 0.4) is 0 Å². The lowest BCUT2D eigenvalue weighted by Crippen LogP contribution is -1.84. The molecule has 0 aliphatic heterocycles. The van der Waals surface area contributed by atoms with Gasteiger partial charge in [-0.1, -0.05) is 68.5 Å². The molecule has 2 aromatic rings. The quantitative estimate of drug-likeness (QED) is 0.657. The van der Waals surface area contributed by atoms with E-state index in [0.717, 1.165) is 12.8 Å². The molecule has 91 valence electrons. The van der Waals surface area contributed by atoms with Crippen LogP contribution in [-0.2, 0) is 0 Å². The second-order valence-corrected chi connectivity index (χ2v) is 4.32. The maximum atomic E-state index is 3.29. The zero-order chi connectivity index (χ0) is 12.8. The molecule has 0 saturated carbocycles. The smallest absolute Gasteiger partial charge is 0.00987 e. The average molecular weight is 235 g/mol. The van der Waals surface area contributed by atoms with Crippen molar-refractivity contribution in [3.63, 3.8) is 0 Å². The van der Waals surface area contributed by atoms with Crippen LogP contribution in [0.1, 0.15) is 37.8 Å². The van der Waals surface area contributed by atoms with Gasteiger partial charge in [0.05, 0.1) is 0 Å². The van der Waals surface area contributed by atoms with E-state index in [1.54, 1.807) is 0 Å². The van der Waals surface area contributed by atoms with Crippen molar-refractivity contribution >= 4 is 22.9 Å². The minimum absolute atomic E-state index is 1.06. The Balaban J connectivity index is 2.62. The first kappa shape index (κ1) is 12.6. The highest BCUT2D eigenvalue weighted by Gasteiger charge is 2.02. The van der Waals surface area contributed by atoms with Gasteiger partial charge in [-0.15, -0.1) is 0 Å². The van der Waals surface area contributed by atoms with E-state index in [4.69, 9.17) is 0 Å². The minimum Gasteiger partial charge on any atom is -0.0842 e. The van der Waals surface area contributed by atoms with Crippen LogP contribution in [-0.4, -0.2) is 0 Å². The van der Waals surface area contributed by atoms with Crippen molar-refractivity contribution in [1.82, 2.24) is 0 Å². The van der Waals surface area contributed by atoms with E-state index >= 15 is 0 Å². The van der Waals surface area contributed by atoms with E-state index in [1.807, 2.05) is 6.07 Å². The van der Waals surface area contributed by atoms with Gasteiger partial charge in [0.2, 0.25) is 0 Å². The van der Waals surface area contributed by atoms with Crippen molar-refractivity contribution in [1.29, 1.82) is 0 Å². The highest BCUT2D eigenvalue weighted by molar-refractivity contribution is 5.93. The maximum Gasteiger partial charge on any atom is -0.00987 e. The Bertz CT molecular complexity index is 574. The zero-order valence-electron chi connectivity index (χ0n) is 11.1. The van der Waals surface area contributed by atoms with Crippen LogP contribution in [0.4, 0.5) is 0 Å². The van der Waals surface area contributed by atoms with Gasteiger partial charge >= 0.3 is 0 Å². The van der Waals surface area contributed by atoms with Crippen LogP contribution in [0.5, 0.6) is 0 Å². The van der Waals surface area contributed by atoms with Crippen LogP contribution >= 0.6 is 0 Å². The van der Waals surface area contributed by atoms with Gasteiger partial charge in [-0.25, -0.2) is 0 Å². The molecule has 0 aliphatic carbocycles. The van der Waals surface area contributed by atoms with Crippen molar-refractivity contribution in [2.45, 2.75) is 26.7 Å². The predicted octanol–water partition coefficient (Wildman–Crippen LogP) is 5.49. The molecule has 0 atom stereocenters. The number of rotatable bonds is 4. The van der Waals surface area contributed by atoms with Gasteiger partial charge in [-0.2, -0.15) is 0 Å². The van der Waals surface area contributed by atoms with Gasteiger partial charge in [0.15, 0.2) is 0 Å². The molecule has 1 radical (unpaired) electrons. The van der Waals surface area contributed by atoms with Crippen molar-refractivity contribution in [3.8, 4) is 0 Å². The van der Waals surface area contributed by atoms with E-state index in [0.29, 0.717) is 0 Å². The molecule has 18 heavy (non-hydrogen) atoms. The van der Waals surface area contributed by atoms with E-state index in [-0.39, 0.29) is 0 Å². The molecule has 2 aromatic carbocycles. The number of hydrogen-bond acceptors (Lipinski definition) is 0. The third-order valence-electron chi connectivity index (χ3n) is 2.97. The van der Waals surface area contributed by atoms with Crippen LogP contribution < -0.4 is 0 Å². The predicted molar refractivity (Wildman–Crippen MR) is 81.4 cm³/mol. The Morgan fingerprint density at radius 2 is 1.78 bits per heavy atom. The van der Waals surface area contributed by atoms with Crippen LogP contribution in [0.2, 0.25) is 0 Å². The van der Waals surface area contributed by atoms with Crippen molar-refractivity contribution in [2.24, 2.45) is 0 Å². The van der Waals surface area contributed by atoms with Crippen LogP contribution in [0.15, 0.2) is 42.5 Å². The normalized spacial score (nSPS) is 11.9. The van der Waals surface area contributed by atoms with Gasteiger partial charge in [0, 0.05) is 0 Å². The molecule has 0 N–H and O–H groups in total. The Hall–Kier alpha value is -1.82. The monoisotopic (exact) mass is 235 g/mol. The lowest BCUT2D eigenvalue weighted by Gasteiger charge is -2.06. The summed E-state index contributed by atoms with van der Waals surface area (Å²) in [5.74, 6) is 0. The molecule has 0 saturated heterocycles. The fraction of sp³-hybridized carbons (Fsp3) is 0.222. The Kier molecular flexibility index (Phi) is 4.35. The summed E-state index contributed by atoms with van der Waals surface area (Å²) in [6.07, 6.45) is 11.0. The van der Waals surface area contributed by atoms with Gasteiger partial charge in [-0.3, -0.25) is 0 Å². The highest BCUT2D eigenvalue weighted by Crippen LogP contribution is 2.25. The molecule has 0 heteroatoms. The molecule has 0 amide bonds. The summed E-state index contributed by atoms with van der Waals surface area (Å²) in [6, 6.07) is 13.8. The Morgan fingerprint density at radius 1 is 1.00 bits per heavy atom. The number of fused-ring (bicyclic) bond motifs is 1. The highest BCUT2D eigenvalue weighted by atomic mass is 14.1. The first-order valence-corrected chi connectivity index (χ1v) is 6.63. The molecule has 0 unspecified atom stereocenters. The van der Waals surface area contributed by atoms with Crippen LogP contribution in [0, 0.1) is 6.07 Å². The first-order valence-electron chi connectivity index (χ1n) is 6.63. The second-order valence-electron chi connectivity index (χ2n) is 4.32. The molecule has 0 fully saturated rings. The molecule has 0 nitrogen and oxygen atoms in total. The Morgan fingerprint density at radius 3 is 2.56 bits per heavy atom. The summed E-state index contributed by atoms with van der Waals surface area (Å²) in [5, 5.41) is 2.46. The molecule has 2 rings (SSSR count). The SMILES string of the molecule is CC/C=C/c1ccc2[c]cccc2c1/C=C/CC. The van der Waals surface area contributed by atoms with Gasteiger partial charge in [0.1, 0.15) is 0 Å². The zero-order valence-corrected chi connectivity index (χ0v) is 11.1. The standard InChI is InChI=1S/C18H19/c1-3-5-9-15-13-14-16-10-7-8-12-18(16)17(15)11-6-4-2/h5-9,11-14H,3-4H2,1-2H3/b9-5+,11-6+. The van der Waals surface area contributed by atoms with E-state index in [2.05, 4.69) is 68.5 Å². The average Bonchev–Trinajstić information content (AvgIpc) is 2.43. The van der Waals surface area contributed by atoms with Crippen molar-refractivity contribution < 1.29 is 0 Å². The van der Waals surface area contributed by atoms with Gasteiger partial charge < -0.3 is 0 Å². The van der Waals surface area contributed by atoms with E-state index in [1.165, 1.54) is 21.9 Å². The van der Waals surface area contributed by atoms with Gasteiger partial charge in [-0.05, 0) is 40.8 Å². The minimum atomic E-state index is 1.06. The fourth-order valence-corrected chi connectivity index (χ4v) is 2.05. The van der Waals surface area contributed by atoms with Crippen molar-refractivity contribution in [2.75, 3.05) is 0 Å². The molecular weight excluding hydrogens is 216 g/mol. The fourth-order valence-electron chi connectivity index (χ4n) is 2.05. The Labute approximate surface area is 110 Å². The van der Waals surface area contributed by atoms with Crippen LogP contribution in [0.25, 0.3) is 22.9 Å². The molecular formula is C18H19. The third-order valence-corrected chi connectivity index (χ3v) is 2.97. The molecule has 0 bridgehead atoms. The maximum absolute atomic E-state index is 3.29. The topological polar surface area (TPSA) is 0 Å². The summed E-state index contributed by atoms with van der Waals surface area (Å²) in [4.78, 5) is 0. The summed E-state index contributed by atoms with van der Waals surface area (Å²) in [7, 11) is 0. The van der Waals surface area contributed by atoms with Gasteiger partial charge in [0.25, 0.3) is 0 Å². The number of hydrogen-bond donors (Lipinski definition) is 0. The van der Waals surface area contributed by atoms with Crippen molar-refractivity contribution in [3.05, 3.63) is 59.7 Å².